The standard InChI is InChI=1S/C8H17N5O2/c1-6(11-8(9)12-10)7(14)13-2-4-15-5-3-13/h6H,2-5,10H2,1H3,(H3,9,11,12). The van der Waals surface area contributed by atoms with Crippen molar-refractivity contribution in [1.82, 2.24) is 10.3 Å². The molecule has 1 aliphatic heterocycles. The molecule has 1 unspecified atom stereocenters. The highest BCUT2D eigenvalue weighted by Crippen LogP contribution is 2.02. The number of hydrogen-bond acceptors (Lipinski definition) is 4. The van der Waals surface area contributed by atoms with Gasteiger partial charge in [-0.25, -0.2) is 10.8 Å². The molecule has 86 valence electrons. The van der Waals surface area contributed by atoms with Crippen molar-refractivity contribution in [3.05, 3.63) is 0 Å². The van der Waals surface area contributed by atoms with Crippen molar-refractivity contribution >= 4 is 11.9 Å². The van der Waals surface area contributed by atoms with Gasteiger partial charge < -0.3 is 15.4 Å². The summed E-state index contributed by atoms with van der Waals surface area (Å²) < 4.78 is 5.15. The molecule has 0 aliphatic carbocycles. The average molecular weight is 215 g/mol. The van der Waals surface area contributed by atoms with Crippen LogP contribution in [-0.4, -0.2) is 49.1 Å². The van der Waals surface area contributed by atoms with E-state index in [4.69, 9.17) is 16.3 Å². The largest absolute Gasteiger partial charge is 0.378 e. The minimum Gasteiger partial charge on any atom is -0.378 e. The first-order chi connectivity index (χ1) is 7.15. The summed E-state index contributed by atoms with van der Waals surface area (Å²) in [5.74, 6) is 5.05. The van der Waals surface area contributed by atoms with Gasteiger partial charge in [-0.15, -0.1) is 0 Å². The number of nitrogens with zero attached hydrogens (tertiary/aromatic N) is 2. The van der Waals surface area contributed by atoms with Crippen LogP contribution in [0, 0.1) is 0 Å². The van der Waals surface area contributed by atoms with Gasteiger partial charge in [0.2, 0.25) is 11.9 Å². The summed E-state index contributed by atoms with van der Waals surface area (Å²) in [6.07, 6.45) is 0. The van der Waals surface area contributed by atoms with Gasteiger partial charge in [-0.05, 0) is 6.92 Å². The van der Waals surface area contributed by atoms with Gasteiger partial charge in [-0.2, -0.15) is 0 Å². The summed E-state index contributed by atoms with van der Waals surface area (Å²) in [5, 5.41) is 0. The fourth-order valence-corrected chi connectivity index (χ4v) is 1.35. The Morgan fingerprint density at radius 2 is 2.13 bits per heavy atom. The Kier molecular flexibility index (Phi) is 4.32. The van der Waals surface area contributed by atoms with Crippen LogP contribution in [0.5, 0.6) is 0 Å². The van der Waals surface area contributed by atoms with Crippen molar-refractivity contribution in [3.63, 3.8) is 0 Å². The Labute approximate surface area is 88.4 Å². The van der Waals surface area contributed by atoms with Crippen LogP contribution in [0.4, 0.5) is 0 Å². The van der Waals surface area contributed by atoms with Crippen molar-refractivity contribution in [1.29, 1.82) is 0 Å². The van der Waals surface area contributed by atoms with Crippen LogP contribution in [0.2, 0.25) is 0 Å². The van der Waals surface area contributed by atoms with Gasteiger partial charge in [-0.1, -0.05) is 0 Å². The van der Waals surface area contributed by atoms with E-state index >= 15 is 0 Å². The molecule has 0 saturated carbocycles. The van der Waals surface area contributed by atoms with Crippen LogP contribution in [0.15, 0.2) is 4.99 Å². The minimum absolute atomic E-state index is 0.0588. The fourth-order valence-electron chi connectivity index (χ4n) is 1.35. The summed E-state index contributed by atoms with van der Waals surface area (Å²) in [6, 6.07) is -0.515. The van der Waals surface area contributed by atoms with E-state index in [0.29, 0.717) is 26.3 Å². The van der Waals surface area contributed by atoms with Crippen LogP contribution >= 0.6 is 0 Å². The van der Waals surface area contributed by atoms with Gasteiger partial charge in [-0.3, -0.25) is 10.2 Å². The van der Waals surface area contributed by atoms with Crippen molar-refractivity contribution in [2.75, 3.05) is 26.3 Å². The number of hydrazine groups is 1. The van der Waals surface area contributed by atoms with Gasteiger partial charge in [0.05, 0.1) is 13.2 Å². The lowest BCUT2D eigenvalue weighted by molar-refractivity contribution is -0.136. The van der Waals surface area contributed by atoms with Crippen molar-refractivity contribution in [2.45, 2.75) is 13.0 Å². The monoisotopic (exact) mass is 215 g/mol. The molecule has 1 rings (SSSR count). The molecule has 7 nitrogen and oxygen atoms in total. The third kappa shape index (κ3) is 3.37. The lowest BCUT2D eigenvalue weighted by Crippen LogP contribution is -2.46. The summed E-state index contributed by atoms with van der Waals surface area (Å²) in [5.41, 5.74) is 7.55. The fraction of sp³-hybridized carbons (Fsp3) is 0.750. The first-order valence-corrected chi connectivity index (χ1v) is 4.81. The lowest BCUT2D eigenvalue weighted by Gasteiger charge is -2.28. The van der Waals surface area contributed by atoms with Crippen LogP contribution < -0.4 is 17.0 Å². The number of nitrogens with two attached hydrogens (primary N) is 2. The number of morpholine rings is 1. The van der Waals surface area contributed by atoms with E-state index in [2.05, 4.69) is 10.4 Å². The zero-order chi connectivity index (χ0) is 11.3. The van der Waals surface area contributed by atoms with Gasteiger partial charge in [0.15, 0.2) is 0 Å². The van der Waals surface area contributed by atoms with Crippen molar-refractivity contribution in [3.8, 4) is 0 Å². The molecular formula is C8H17N5O2. The number of carbonyl (C=O) groups excluding carboxylic acids is 1. The molecule has 1 heterocycles. The third-order valence-corrected chi connectivity index (χ3v) is 2.16. The predicted molar refractivity (Wildman–Crippen MR) is 55.8 cm³/mol. The van der Waals surface area contributed by atoms with Gasteiger partial charge in [0.25, 0.3) is 0 Å². The highest BCUT2D eigenvalue weighted by Gasteiger charge is 2.21. The molecule has 5 N–H and O–H groups in total. The lowest BCUT2D eigenvalue weighted by atomic mass is 10.3. The van der Waals surface area contributed by atoms with Gasteiger partial charge in [0, 0.05) is 13.1 Å². The Hall–Kier alpha value is -1.34. The van der Waals surface area contributed by atoms with Crippen LogP contribution in [0.1, 0.15) is 6.92 Å². The van der Waals surface area contributed by atoms with Crippen LogP contribution in [0.25, 0.3) is 0 Å². The first kappa shape index (κ1) is 11.7. The Balaban J connectivity index is 2.51. The molecule has 0 aromatic heterocycles. The molecule has 1 atom stereocenters. The van der Waals surface area contributed by atoms with E-state index in [1.807, 2.05) is 0 Å². The highest BCUT2D eigenvalue weighted by molar-refractivity contribution is 5.86. The van der Waals surface area contributed by atoms with Crippen LogP contribution in [-0.2, 0) is 9.53 Å². The quantitative estimate of drug-likeness (QED) is 0.214. The normalized spacial score (nSPS) is 19.9. The molecule has 0 aromatic carbocycles. The molecule has 1 aliphatic rings. The molecule has 0 bridgehead atoms. The number of ether oxygens (including phenoxy) is 1. The molecular weight excluding hydrogens is 198 g/mol. The van der Waals surface area contributed by atoms with E-state index in [1.165, 1.54) is 0 Å². The maximum Gasteiger partial charge on any atom is 0.247 e. The van der Waals surface area contributed by atoms with E-state index in [1.54, 1.807) is 11.8 Å². The molecule has 1 fully saturated rings. The minimum atomic E-state index is -0.515. The van der Waals surface area contributed by atoms with E-state index in [9.17, 15) is 4.79 Å². The van der Waals surface area contributed by atoms with E-state index in [-0.39, 0.29) is 11.9 Å². The second kappa shape index (κ2) is 5.52. The molecule has 1 amide bonds. The molecule has 1 saturated heterocycles. The predicted octanol–water partition coefficient (Wildman–Crippen LogP) is -1.99. The average Bonchev–Trinajstić information content (AvgIpc) is 2.29. The SMILES string of the molecule is CC(N=C(N)NN)C(=O)N1CCOCC1. The number of aliphatic imine (C=N–C) groups is 1. The molecule has 7 heteroatoms. The second-order valence-electron chi connectivity index (χ2n) is 3.27. The highest BCUT2D eigenvalue weighted by atomic mass is 16.5. The molecule has 0 radical (unpaired) electrons. The number of nitrogens with one attached hydrogen (secondary N) is 1. The number of carbonyl (C=O) groups is 1. The number of guanidine groups is 1. The Morgan fingerprint density at radius 1 is 1.53 bits per heavy atom. The van der Waals surface area contributed by atoms with E-state index < -0.39 is 6.04 Å². The summed E-state index contributed by atoms with van der Waals surface area (Å²) in [7, 11) is 0. The number of amides is 1. The maximum atomic E-state index is 11.8. The van der Waals surface area contributed by atoms with Crippen molar-refractivity contribution in [2.24, 2.45) is 16.6 Å². The topological polar surface area (TPSA) is 106 Å². The third-order valence-electron chi connectivity index (χ3n) is 2.16. The van der Waals surface area contributed by atoms with Crippen LogP contribution in [0.3, 0.4) is 0 Å². The maximum absolute atomic E-state index is 11.8. The summed E-state index contributed by atoms with van der Waals surface area (Å²) in [6.45, 7) is 4.05. The number of hydrogen-bond donors (Lipinski definition) is 3. The zero-order valence-corrected chi connectivity index (χ0v) is 8.77. The molecule has 0 spiro atoms. The summed E-state index contributed by atoms with van der Waals surface area (Å²) >= 11 is 0. The molecule has 15 heavy (non-hydrogen) atoms. The first-order valence-electron chi connectivity index (χ1n) is 4.81. The smallest absolute Gasteiger partial charge is 0.247 e. The summed E-state index contributed by atoms with van der Waals surface area (Å²) in [4.78, 5) is 17.4. The molecule has 0 aromatic rings. The van der Waals surface area contributed by atoms with Crippen molar-refractivity contribution < 1.29 is 9.53 Å². The Morgan fingerprint density at radius 3 is 2.67 bits per heavy atom. The van der Waals surface area contributed by atoms with Gasteiger partial charge in [0.1, 0.15) is 6.04 Å². The van der Waals surface area contributed by atoms with Gasteiger partial charge >= 0.3 is 0 Å². The second-order valence-corrected chi connectivity index (χ2v) is 3.27. The zero-order valence-electron chi connectivity index (χ0n) is 8.77. The van der Waals surface area contributed by atoms with E-state index in [0.717, 1.165) is 0 Å². The Bertz CT molecular complexity index is 249. The number of rotatable bonds is 2.